The van der Waals surface area contributed by atoms with E-state index in [1.165, 1.54) is 12.6 Å². The van der Waals surface area contributed by atoms with E-state index < -0.39 is 29.5 Å². The zero-order valence-electron chi connectivity index (χ0n) is 22.5. The highest BCUT2D eigenvalue weighted by Gasteiger charge is 2.41. The Balaban J connectivity index is 1.18. The molecule has 4 heterocycles. The second kappa shape index (κ2) is 12.4. The number of amides is 1. The Labute approximate surface area is 235 Å². The van der Waals surface area contributed by atoms with Crippen molar-refractivity contribution in [2.75, 3.05) is 50.7 Å². The number of hydrogen-bond donors (Lipinski definition) is 1. The molecule has 1 atom stereocenters. The largest absolute Gasteiger partial charge is 0.437 e. The molecule has 5 rings (SSSR count). The van der Waals surface area contributed by atoms with Gasteiger partial charge in [-0.3, -0.25) is 9.59 Å². The Morgan fingerprint density at radius 2 is 1.66 bits per heavy atom. The maximum Gasteiger partial charge on any atom is 0.437 e. The first-order chi connectivity index (χ1) is 19.7. The van der Waals surface area contributed by atoms with Crippen LogP contribution in [0.4, 0.5) is 19.0 Å². The summed E-state index contributed by atoms with van der Waals surface area (Å²) in [5.41, 5.74) is -0.583. The number of rotatable bonds is 8. The summed E-state index contributed by atoms with van der Waals surface area (Å²) in [5.74, 6) is -1.59. The average Bonchev–Trinajstić information content (AvgIpc) is 3.45. The number of anilines is 1. The molecule has 2 aliphatic heterocycles. The fourth-order valence-electron chi connectivity index (χ4n) is 5.21. The van der Waals surface area contributed by atoms with Crippen molar-refractivity contribution in [2.45, 2.75) is 38.0 Å². The molecule has 0 saturated carbocycles. The number of pyridine rings is 1. The maximum atomic E-state index is 13.6. The van der Waals surface area contributed by atoms with Gasteiger partial charge < -0.3 is 24.2 Å². The summed E-state index contributed by atoms with van der Waals surface area (Å²) >= 11 is 0. The number of ketones is 1. The number of aromatic nitrogens is 2. The number of aliphatic hydroxyl groups is 1. The van der Waals surface area contributed by atoms with Gasteiger partial charge >= 0.3 is 6.18 Å². The lowest BCUT2D eigenvalue weighted by Crippen LogP contribution is -2.53. The van der Waals surface area contributed by atoms with Gasteiger partial charge in [-0.05, 0) is 49.7 Å². The smallest absolute Gasteiger partial charge is 0.432 e. The molecule has 0 radical (unpaired) electrons. The Hall–Kier alpha value is -3.77. The highest BCUT2D eigenvalue weighted by Crippen LogP contribution is 2.35. The molecule has 0 aliphatic carbocycles. The van der Waals surface area contributed by atoms with Crippen LogP contribution >= 0.6 is 0 Å². The zero-order chi connectivity index (χ0) is 29.0. The fraction of sp³-hybridized carbons (Fsp3) is 0.448. The van der Waals surface area contributed by atoms with E-state index in [1.54, 1.807) is 47.4 Å². The summed E-state index contributed by atoms with van der Waals surface area (Å²) in [5, 5.41) is 10.5. The van der Waals surface area contributed by atoms with Gasteiger partial charge in [-0.15, -0.1) is 0 Å². The number of carbonyl (C=O) groups excluding carboxylic acids is 2. The summed E-state index contributed by atoms with van der Waals surface area (Å²) in [4.78, 5) is 39.4. The van der Waals surface area contributed by atoms with E-state index in [2.05, 4.69) is 14.9 Å². The van der Waals surface area contributed by atoms with Gasteiger partial charge in [0.2, 0.25) is 17.4 Å². The standard InChI is InChI=1S/C29H32F3N5O4/c30-29(31,32)26-25(41-27(34-26)21-7-3-1-4-8-21)22(38)17-20-9-10-24(33-18-20)36-13-15-37(16-14-36)28(40)23(39)19-35-11-5-2-6-12-35/h1,3-4,7-10,18,23,39H,2,5-6,11-17,19H2. The van der Waals surface area contributed by atoms with Gasteiger partial charge in [0.25, 0.3) is 5.91 Å². The van der Waals surface area contributed by atoms with Gasteiger partial charge in [0.05, 0.1) is 0 Å². The number of halogens is 3. The summed E-state index contributed by atoms with van der Waals surface area (Å²) in [6, 6.07) is 11.4. The maximum absolute atomic E-state index is 13.6. The summed E-state index contributed by atoms with van der Waals surface area (Å²) in [7, 11) is 0. The minimum Gasteiger partial charge on any atom is -0.432 e. The number of likely N-dealkylation sites (tertiary alicyclic amines) is 1. The highest BCUT2D eigenvalue weighted by atomic mass is 19.4. The first kappa shape index (κ1) is 28.7. The molecule has 0 spiro atoms. The molecule has 0 bridgehead atoms. The monoisotopic (exact) mass is 571 g/mol. The molecule has 9 nitrogen and oxygen atoms in total. The van der Waals surface area contributed by atoms with Crippen molar-refractivity contribution in [3.63, 3.8) is 0 Å². The van der Waals surface area contributed by atoms with Crippen molar-refractivity contribution < 1.29 is 32.3 Å². The van der Waals surface area contributed by atoms with E-state index in [0.29, 0.717) is 49.7 Å². The Kier molecular flexibility index (Phi) is 8.69. The van der Waals surface area contributed by atoms with E-state index in [0.717, 1.165) is 25.9 Å². The van der Waals surface area contributed by atoms with Crippen molar-refractivity contribution in [1.82, 2.24) is 19.8 Å². The number of piperazine rings is 1. The predicted molar refractivity (Wildman–Crippen MR) is 144 cm³/mol. The van der Waals surface area contributed by atoms with Gasteiger partial charge in [0.1, 0.15) is 11.9 Å². The summed E-state index contributed by atoms with van der Waals surface area (Å²) in [6.45, 7) is 4.07. The number of piperidine rings is 1. The van der Waals surface area contributed by atoms with E-state index in [1.807, 2.05) is 4.90 Å². The van der Waals surface area contributed by atoms with Crippen LogP contribution in [0.5, 0.6) is 0 Å². The second-order valence-electron chi connectivity index (χ2n) is 10.4. The van der Waals surface area contributed by atoms with Crippen molar-refractivity contribution in [3.05, 3.63) is 65.7 Å². The number of alkyl halides is 3. The summed E-state index contributed by atoms with van der Waals surface area (Å²) in [6.07, 6.45) is -1.42. The molecular weight excluding hydrogens is 539 g/mol. The quantitative estimate of drug-likeness (QED) is 0.409. The van der Waals surface area contributed by atoms with Crippen LogP contribution in [0.2, 0.25) is 0 Å². The third kappa shape index (κ3) is 6.94. The van der Waals surface area contributed by atoms with Gasteiger partial charge in [0, 0.05) is 50.9 Å². The van der Waals surface area contributed by atoms with Crippen LogP contribution in [0, 0.1) is 0 Å². The molecule has 41 heavy (non-hydrogen) atoms. The third-order valence-electron chi connectivity index (χ3n) is 7.42. The lowest BCUT2D eigenvalue weighted by Gasteiger charge is -2.37. The number of carbonyl (C=O) groups is 2. The number of benzene rings is 1. The van der Waals surface area contributed by atoms with Crippen LogP contribution in [-0.2, 0) is 17.4 Å². The third-order valence-corrected chi connectivity index (χ3v) is 7.42. The number of hydrogen-bond acceptors (Lipinski definition) is 8. The van der Waals surface area contributed by atoms with Crippen molar-refractivity contribution in [3.8, 4) is 11.5 Å². The summed E-state index contributed by atoms with van der Waals surface area (Å²) < 4.78 is 46.2. The molecule has 12 heteroatoms. The molecular formula is C29H32F3N5O4. The van der Waals surface area contributed by atoms with Crippen LogP contribution in [0.1, 0.15) is 41.1 Å². The molecule has 218 valence electrons. The number of nitrogens with zero attached hydrogens (tertiary/aromatic N) is 5. The van der Waals surface area contributed by atoms with E-state index >= 15 is 0 Å². The lowest BCUT2D eigenvalue weighted by atomic mass is 10.1. The number of aliphatic hydroxyl groups excluding tert-OH is 1. The molecule has 1 amide bonds. The fourth-order valence-corrected chi connectivity index (χ4v) is 5.21. The lowest BCUT2D eigenvalue weighted by molar-refractivity contribution is -0.142. The first-order valence-corrected chi connectivity index (χ1v) is 13.7. The normalized spacial score (nSPS) is 17.5. The minimum atomic E-state index is -4.85. The number of oxazole rings is 1. The van der Waals surface area contributed by atoms with Gasteiger partial charge in [-0.2, -0.15) is 13.2 Å². The average molecular weight is 572 g/mol. The van der Waals surface area contributed by atoms with E-state index in [9.17, 15) is 27.9 Å². The highest BCUT2D eigenvalue weighted by molar-refractivity contribution is 5.96. The van der Waals surface area contributed by atoms with Crippen molar-refractivity contribution in [1.29, 1.82) is 0 Å². The van der Waals surface area contributed by atoms with Crippen molar-refractivity contribution in [2.24, 2.45) is 0 Å². The minimum absolute atomic E-state index is 0.266. The van der Waals surface area contributed by atoms with Crippen LogP contribution < -0.4 is 4.90 Å². The molecule has 3 aromatic rings. The van der Waals surface area contributed by atoms with Crippen LogP contribution in [0.3, 0.4) is 0 Å². The molecule has 1 aromatic carbocycles. The Bertz CT molecular complexity index is 1330. The van der Waals surface area contributed by atoms with Gasteiger partial charge in [0.15, 0.2) is 5.69 Å². The molecule has 2 aliphatic rings. The van der Waals surface area contributed by atoms with E-state index in [-0.39, 0.29) is 18.2 Å². The molecule has 2 saturated heterocycles. The van der Waals surface area contributed by atoms with E-state index in [4.69, 9.17) is 4.42 Å². The van der Waals surface area contributed by atoms with Gasteiger partial charge in [-0.1, -0.05) is 30.7 Å². The topological polar surface area (TPSA) is 103 Å². The Morgan fingerprint density at radius 3 is 2.29 bits per heavy atom. The second-order valence-corrected chi connectivity index (χ2v) is 10.4. The molecule has 2 aromatic heterocycles. The first-order valence-electron chi connectivity index (χ1n) is 13.7. The SMILES string of the molecule is O=C(Cc1ccc(N2CCN(C(=O)C(O)CN3CCCCC3)CC2)nc1)c1oc(-c2ccccc2)nc1C(F)(F)F. The number of β-amino-alcohol motifs (C(OH)–C–C–N with tert-alkyl or cyclic N) is 1. The van der Waals surface area contributed by atoms with Crippen LogP contribution in [0.15, 0.2) is 53.1 Å². The number of Topliss-reactive ketones (excluding diaryl/α,β-unsaturated/α-hetero) is 1. The van der Waals surface area contributed by atoms with Crippen molar-refractivity contribution >= 4 is 17.5 Å². The van der Waals surface area contributed by atoms with Gasteiger partial charge in [-0.25, -0.2) is 9.97 Å². The molecule has 2 fully saturated rings. The predicted octanol–water partition coefficient (Wildman–Crippen LogP) is 3.68. The van der Waals surface area contributed by atoms with Crippen LogP contribution in [0.25, 0.3) is 11.5 Å². The molecule has 1 unspecified atom stereocenters. The molecule has 1 N–H and O–H groups in total. The Morgan fingerprint density at radius 1 is 0.951 bits per heavy atom. The zero-order valence-corrected chi connectivity index (χ0v) is 22.5. The van der Waals surface area contributed by atoms with Crippen LogP contribution in [-0.4, -0.2) is 88.5 Å².